The molecule has 0 fully saturated rings. The van der Waals surface area contributed by atoms with Gasteiger partial charge in [0.2, 0.25) is 5.91 Å². The van der Waals surface area contributed by atoms with Crippen LogP contribution in [-0.2, 0) is 11.3 Å². The molecule has 0 aliphatic rings. The second kappa shape index (κ2) is 9.31. The molecule has 0 aromatic carbocycles. The summed E-state index contributed by atoms with van der Waals surface area (Å²) in [6.07, 6.45) is 2.28. The van der Waals surface area contributed by atoms with E-state index < -0.39 is 0 Å². The fraction of sp³-hybridized carbons (Fsp3) is 0.600. The third-order valence-corrected chi connectivity index (χ3v) is 2.88. The molecule has 20 heavy (non-hydrogen) atoms. The van der Waals surface area contributed by atoms with Crippen molar-refractivity contribution in [3.05, 3.63) is 23.5 Å². The number of carbonyl (C=O) groups is 1. The van der Waals surface area contributed by atoms with Crippen molar-refractivity contribution >= 4 is 5.91 Å². The number of pyridine rings is 1. The minimum absolute atomic E-state index is 0.0421. The molecule has 0 saturated carbocycles. The van der Waals surface area contributed by atoms with Crippen LogP contribution in [0.2, 0.25) is 0 Å². The third-order valence-electron chi connectivity index (χ3n) is 2.88. The fourth-order valence-electron chi connectivity index (χ4n) is 1.78. The Morgan fingerprint density at radius 2 is 2.20 bits per heavy atom. The van der Waals surface area contributed by atoms with E-state index in [4.69, 9.17) is 4.74 Å². The summed E-state index contributed by atoms with van der Waals surface area (Å²) in [5.41, 5.74) is 1.91. The molecule has 1 aromatic rings. The fourth-order valence-corrected chi connectivity index (χ4v) is 1.78. The number of nitrogens with zero attached hydrogens (tertiary/aromatic N) is 1. The van der Waals surface area contributed by atoms with E-state index in [-0.39, 0.29) is 5.91 Å². The lowest BCUT2D eigenvalue weighted by Crippen LogP contribution is -2.18. The van der Waals surface area contributed by atoms with Crippen LogP contribution in [0.4, 0.5) is 0 Å². The van der Waals surface area contributed by atoms with Gasteiger partial charge in [-0.15, -0.1) is 0 Å². The first-order valence-corrected chi connectivity index (χ1v) is 7.18. The monoisotopic (exact) mass is 279 g/mol. The second-order valence-corrected chi connectivity index (χ2v) is 4.70. The number of amides is 1. The van der Waals surface area contributed by atoms with Crippen molar-refractivity contribution in [2.75, 3.05) is 20.2 Å². The quantitative estimate of drug-likeness (QED) is 0.677. The Balaban J connectivity index is 2.48. The molecule has 2 N–H and O–H groups in total. The van der Waals surface area contributed by atoms with E-state index in [1.165, 1.54) is 0 Å². The molecule has 1 heterocycles. The summed E-state index contributed by atoms with van der Waals surface area (Å²) in [6, 6.07) is 3.89. The molecule has 0 saturated heterocycles. The molecule has 5 nitrogen and oxygen atoms in total. The standard InChI is InChI=1S/C15H25N3O2/c1-4-9-17-11-13-14(8-7-12(2)18-13)20-10-5-6-15(19)16-3/h7-8,17H,4-6,9-11H2,1-3H3,(H,16,19). The van der Waals surface area contributed by atoms with Gasteiger partial charge in [-0.2, -0.15) is 0 Å². The summed E-state index contributed by atoms with van der Waals surface area (Å²) in [6.45, 7) is 6.30. The Labute approximate surface area is 121 Å². The van der Waals surface area contributed by atoms with Crippen LogP contribution < -0.4 is 15.4 Å². The number of aryl methyl sites for hydroxylation is 1. The van der Waals surface area contributed by atoms with E-state index in [9.17, 15) is 4.79 Å². The first-order valence-electron chi connectivity index (χ1n) is 7.18. The number of ether oxygens (including phenoxy) is 1. The van der Waals surface area contributed by atoms with Crippen LogP contribution in [0.3, 0.4) is 0 Å². The number of nitrogens with one attached hydrogen (secondary N) is 2. The molecule has 1 aromatic heterocycles. The normalized spacial score (nSPS) is 10.3. The molecule has 0 bridgehead atoms. The van der Waals surface area contributed by atoms with Gasteiger partial charge in [0, 0.05) is 25.7 Å². The van der Waals surface area contributed by atoms with Crippen molar-refractivity contribution < 1.29 is 9.53 Å². The van der Waals surface area contributed by atoms with Crippen LogP contribution in [0.5, 0.6) is 5.75 Å². The highest BCUT2D eigenvalue weighted by Crippen LogP contribution is 2.17. The molecule has 0 unspecified atom stereocenters. The highest BCUT2D eigenvalue weighted by atomic mass is 16.5. The maximum absolute atomic E-state index is 11.1. The molecule has 0 spiro atoms. The summed E-state index contributed by atoms with van der Waals surface area (Å²) < 4.78 is 5.74. The largest absolute Gasteiger partial charge is 0.492 e. The predicted molar refractivity (Wildman–Crippen MR) is 79.8 cm³/mol. The van der Waals surface area contributed by atoms with Crippen molar-refractivity contribution in [3.8, 4) is 5.75 Å². The van der Waals surface area contributed by atoms with Crippen molar-refractivity contribution in [2.45, 2.75) is 39.7 Å². The molecule has 0 radical (unpaired) electrons. The van der Waals surface area contributed by atoms with E-state index in [0.717, 1.165) is 30.1 Å². The highest BCUT2D eigenvalue weighted by molar-refractivity contribution is 5.75. The lowest BCUT2D eigenvalue weighted by Gasteiger charge is -2.12. The number of hydrogen-bond donors (Lipinski definition) is 2. The minimum atomic E-state index is 0.0421. The van der Waals surface area contributed by atoms with E-state index in [1.807, 2.05) is 19.1 Å². The third kappa shape index (κ3) is 6.02. The highest BCUT2D eigenvalue weighted by Gasteiger charge is 2.06. The zero-order valence-electron chi connectivity index (χ0n) is 12.7. The summed E-state index contributed by atoms with van der Waals surface area (Å²) >= 11 is 0. The maximum Gasteiger partial charge on any atom is 0.219 e. The Morgan fingerprint density at radius 3 is 2.90 bits per heavy atom. The van der Waals surface area contributed by atoms with Crippen molar-refractivity contribution in [2.24, 2.45) is 0 Å². The molecule has 112 valence electrons. The number of aromatic nitrogens is 1. The van der Waals surface area contributed by atoms with Gasteiger partial charge in [-0.05, 0) is 38.4 Å². The summed E-state index contributed by atoms with van der Waals surface area (Å²) in [5.74, 6) is 0.844. The van der Waals surface area contributed by atoms with Crippen LogP contribution in [0.15, 0.2) is 12.1 Å². The van der Waals surface area contributed by atoms with E-state index in [0.29, 0.717) is 26.0 Å². The van der Waals surface area contributed by atoms with Crippen molar-refractivity contribution in [3.63, 3.8) is 0 Å². The van der Waals surface area contributed by atoms with Crippen molar-refractivity contribution in [1.82, 2.24) is 15.6 Å². The molecule has 1 amide bonds. The Kier molecular flexibility index (Phi) is 7.65. The summed E-state index contributed by atoms with van der Waals surface area (Å²) in [5, 5.41) is 5.93. The van der Waals surface area contributed by atoms with Gasteiger partial charge in [0.1, 0.15) is 5.75 Å². The van der Waals surface area contributed by atoms with E-state index in [2.05, 4.69) is 22.5 Å². The molecular weight excluding hydrogens is 254 g/mol. The number of carbonyl (C=O) groups excluding carboxylic acids is 1. The zero-order chi connectivity index (χ0) is 14.8. The predicted octanol–water partition coefficient (Wildman–Crippen LogP) is 1.79. The van der Waals surface area contributed by atoms with Crippen molar-refractivity contribution in [1.29, 1.82) is 0 Å². The van der Waals surface area contributed by atoms with Crippen LogP contribution in [-0.4, -0.2) is 31.1 Å². The Bertz CT molecular complexity index is 422. The van der Waals surface area contributed by atoms with E-state index >= 15 is 0 Å². The molecular formula is C15H25N3O2. The van der Waals surface area contributed by atoms with Gasteiger partial charge in [-0.25, -0.2) is 0 Å². The second-order valence-electron chi connectivity index (χ2n) is 4.70. The van der Waals surface area contributed by atoms with Crippen LogP contribution in [0.25, 0.3) is 0 Å². The lowest BCUT2D eigenvalue weighted by atomic mass is 10.2. The van der Waals surface area contributed by atoms with Gasteiger partial charge in [0.25, 0.3) is 0 Å². The zero-order valence-corrected chi connectivity index (χ0v) is 12.7. The number of rotatable bonds is 9. The minimum Gasteiger partial charge on any atom is -0.492 e. The topological polar surface area (TPSA) is 63.3 Å². The smallest absolute Gasteiger partial charge is 0.219 e. The van der Waals surface area contributed by atoms with E-state index in [1.54, 1.807) is 7.05 Å². The van der Waals surface area contributed by atoms with Crippen LogP contribution in [0, 0.1) is 6.92 Å². The number of hydrogen-bond acceptors (Lipinski definition) is 4. The molecule has 0 aliphatic carbocycles. The summed E-state index contributed by atoms with van der Waals surface area (Å²) in [4.78, 5) is 15.6. The molecule has 5 heteroatoms. The van der Waals surface area contributed by atoms with Gasteiger partial charge >= 0.3 is 0 Å². The first kappa shape index (κ1) is 16.4. The maximum atomic E-state index is 11.1. The Hall–Kier alpha value is -1.62. The first-order chi connectivity index (χ1) is 9.67. The van der Waals surface area contributed by atoms with Gasteiger partial charge in [-0.3, -0.25) is 9.78 Å². The molecule has 0 atom stereocenters. The van der Waals surface area contributed by atoms with Gasteiger partial charge in [0.15, 0.2) is 0 Å². The Morgan fingerprint density at radius 1 is 1.40 bits per heavy atom. The average Bonchev–Trinajstić information content (AvgIpc) is 2.45. The van der Waals surface area contributed by atoms with Crippen LogP contribution in [0.1, 0.15) is 37.6 Å². The van der Waals surface area contributed by atoms with Gasteiger partial charge < -0.3 is 15.4 Å². The SMILES string of the molecule is CCCNCc1nc(C)ccc1OCCCC(=O)NC. The lowest BCUT2D eigenvalue weighted by molar-refractivity contribution is -0.120. The molecule has 1 rings (SSSR count). The van der Waals surface area contributed by atoms with Crippen LogP contribution >= 0.6 is 0 Å². The average molecular weight is 279 g/mol. The molecule has 0 aliphatic heterocycles. The summed E-state index contributed by atoms with van der Waals surface area (Å²) in [7, 11) is 1.64. The van der Waals surface area contributed by atoms with Gasteiger partial charge in [-0.1, -0.05) is 6.92 Å². The van der Waals surface area contributed by atoms with Gasteiger partial charge in [0.05, 0.1) is 12.3 Å².